The van der Waals surface area contributed by atoms with Gasteiger partial charge in [0.1, 0.15) is 18.0 Å². The number of benzene rings is 1. The van der Waals surface area contributed by atoms with E-state index in [-0.39, 0.29) is 0 Å². The van der Waals surface area contributed by atoms with Crippen LogP contribution < -0.4 is 15.5 Å². The number of rotatable bonds is 2. The van der Waals surface area contributed by atoms with Crippen LogP contribution in [0, 0.1) is 6.92 Å². The van der Waals surface area contributed by atoms with Crippen LogP contribution in [0.1, 0.15) is 12.0 Å². The number of aryl methyl sites for hydroxylation is 1. The van der Waals surface area contributed by atoms with Crippen molar-refractivity contribution in [3.05, 3.63) is 42.2 Å². The summed E-state index contributed by atoms with van der Waals surface area (Å²) in [6.45, 7) is 6.18. The lowest BCUT2D eigenvalue weighted by Gasteiger charge is -2.25. The van der Waals surface area contributed by atoms with Crippen molar-refractivity contribution < 1.29 is 0 Å². The fraction of sp³-hybridized carbons (Fsp3) is 0.375. The zero-order valence-corrected chi connectivity index (χ0v) is 12.4. The summed E-state index contributed by atoms with van der Waals surface area (Å²) in [6, 6.07) is 10.4. The fourth-order valence-electron chi connectivity index (χ4n) is 2.84. The summed E-state index contributed by atoms with van der Waals surface area (Å²) in [5, 5.41) is 0. The molecule has 2 heterocycles. The van der Waals surface area contributed by atoms with Crippen molar-refractivity contribution >= 4 is 17.3 Å². The van der Waals surface area contributed by atoms with Crippen LogP contribution in [0.5, 0.6) is 0 Å². The summed E-state index contributed by atoms with van der Waals surface area (Å²) >= 11 is 0. The summed E-state index contributed by atoms with van der Waals surface area (Å²) in [6.07, 6.45) is 2.65. The highest BCUT2D eigenvalue weighted by Gasteiger charge is 2.17. The lowest BCUT2D eigenvalue weighted by atomic mass is 10.2. The Balaban J connectivity index is 1.74. The second-order valence-corrected chi connectivity index (χ2v) is 5.42. The standard InChI is InChI=1S/C16H21N5/c1-13-5-2-3-6-14(13)20-7-4-8-21(10-9-20)16-11-15(17)18-12-19-16/h2-3,5-6,11-12H,4,7-10H2,1H3,(H2,17,18,19). The molecule has 5 nitrogen and oxygen atoms in total. The van der Waals surface area contributed by atoms with Crippen molar-refractivity contribution in [2.75, 3.05) is 41.7 Å². The van der Waals surface area contributed by atoms with Crippen LogP contribution in [0.25, 0.3) is 0 Å². The Bertz CT molecular complexity index is 613. The Morgan fingerprint density at radius 2 is 1.76 bits per heavy atom. The van der Waals surface area contributed by atoms with Crippen molar-refractivity contribution in [3.63, 3.8) is 0 Å². The van der Waals surface area contributed by atoms with E-state index < -0.39 is 0 Å². The maximum atomic E-state index is 5.75. The number of anilines is 3. The van der Waals surface area contributed by atoms with Crippen LogP contribution in [0.4, 0.5) is 17.3 Å². The van der Waals surface area contributed by atoms with Gasteiger partial charge in [-0.3, -0.25) is 0 Å². The van der Waals surface area contributed by atoms with Crippen LogP contribution >= 0.6 is 0 Å². The van der Waals surface area contributed by atoms with Gasteiger partial charge in [0.2, 0.25) is 0 Å². The molecule has 110 valence electrons. The van der Waals surface area contributed by atoms with Gasteiger partial charge in [0.25, 0.3) is 0 Å². The third kappa shape index (κ3) is 3.07. The number of hydrogen-bond donors (Lipinski definition) is 1. The van der Waals surface area contributed by atoms with Crippen molar-refractivity contribution in [2.24, 2.45) is 0 Å². The summed E-state index contributed by atoms with van der Waals surface area (Å²) in [5.41, 5.74) is 8.42. The Kier molecular flexibility index (Phi) is 3.90. The molecular weight excluding hydrogens is 262 g/mol. The van der Waals surface area contributed by atoms with E-state index in [1.165, 1.54) is 17.6 Å². The molecule has 1 saturated heterocycles. The average molecular weight is 283 g/mol. The van der Waals surface area contributed by atoms with E-state index in [4.69, 9.17) is 5.73 Å². The third-order valence-electron chi connectivity index (χ3n) is 3.95. The van der Waals surface area contributed by atoms with Crippen LogP contribution in [0.3, 0.4) is 0 Å². The van der Waals surface area contributed by atoms with Crippen LogP contribution in [0.2, 0.25) is 0 Å². The molecule has 0 aliphatic carbocycles. The van der Waals surface area contributed by atoms with Crippen molar-refractivity contribution in [1.82, 2.24) is 9.97 Å². The minimum absolute atomic E-state index is 0.528. The van der Waals surface area contributed by atoms with Gasteiger partial charge in [0.05, 0.1) is 0 Å². The summed E-state index contributed by atoms with van der Waals surface area (Å²) in [7, 11) is 0. The molecule has 2 N–H and O–H groups in total. The lowest BCUT2D eigenvalue weighted by Crippen LogP contribution is -2.31. The predicted octanol–water partition coefficient (Wildman–Crippen LogP) is 2.08. The van der Waals surface area contributed by atoms with E-state index in [1.807, 2.05) is 6.07 Å². The van der Waals surface area contributed by atoms with Gasteiger partial charge in [-0.25, -0.2) is 9.97 Å². The largest absolute Gasteiger partial charge is 0.384 e. The zero-order chi connectivity index (χ0) is 14.7. The minimum Gasteiger partial charge on any atom is -0.384 e. The molecular formula is C16H21N5. The summed E-state index contributed by atoms with van der Waals surface area (Å²) in [5.74, 6) is 1.45. The van der Waals surface area contributed by atoms with Gasteiger partial charge in [0, 0.05) is 37.9 Å². The van der Waals surface area contributed by atoms with Crippen LogP contribution in [-0.2, 0) is 0 Å². The van der Waals surface area contributed by atoms with E-state index in [0.717, 1.165) is 38.4 Å². The molecule has 0 atom stereocenters. The number of para-hydroxylation sites is 1. The molecule has 0 spiro atoms. The third-order valence-corrected chi connectivity index (χ3v) is 3.95. The molecule has 1 aromatic carbocycles. The Morgan fingerprint density at radius 1 is 1.00 bits per heavy atom. The van der Waals surface area contributed by atoms with Crippen molar-refractivity contribution in [2.45, 2.75) is 13.3 Å². The van der Waals surface area contributed by atoms with E-state index >= 15 is 0 Å². The van der Waals surface area contributed by atoms with Gasteiger partial charge in [0.15, 0.2) is 0 Å². The quantitative estimate of drug-likeness (QED) is 0.914. The molecule has 0 amide bonds. The maximum Gasteiger partial charge on any atom is 0.134 e. The number of hydrogen-bond acceptors (Lipinski definition) is 5. The molecule has 1 aliphatic rings. The molecule has 0 radical (unpaired) electrons. The van der Waals surface area contributed by atoms with Crippen molar-refractivity contribution in [1.29, 1.82) is 0 Å². The first-order chi connectivity index (χ1) is 10.2. The summed E-state index contributed by atoms with van der Waals surface area (Å²) < 4.78 is 0. The smallest absolute Gasteiger partial charge is 0.134 e. The number of aromatic nitrogens is 2. The van der Waals surface area contributed by atoms with Gasteiger partial charge in [-0.05, 0) is 25.0 Å². The molecule has 21 heavy (non-hydrogen) atoms. The predicted molar refractivity (Wildman–Crippen MR) is 86.7 cm³/mol. The van der Waals surface area contributed by atoms with Gasteiger partial charge in [-0.15, -0.1) is 0 Å². The second kappa shape index (κ2) is 5.99. The van der Waals surface area contributed by atoms with Crippen LogP contribution in [0.15, 0.2) is 36.7 Å². The first-order valence-electron chi connectivity index (χ1n) is 7.37. The highest BCUT2D eigenvalue weighted by Crippen LogP contribution is 2.22. The lowest BCUT2D eigenvalue weighted by molar-refractivity contribution is 0.795. The molecule has 2 aromatic rings. The first kappa shape index (κ1) is 13.7. The van der Waals surface area contributed by atoms with Gasteiger partial charge in [-0.2, -0.15) is 0 Å². The Morgan fingerprint density at radius 3 is 2.57 bits per heavy atom. The maximum absolute atomic E-state index is 5.75. The topological polar surface area (TPSA) is 58.3 Å². The van der Waals surface area contributed by atoms with E-state index in [0.29, 0.717) is 5.82 Å². The van der Waals surface area contributed by atoms with Crippen LogP contribution in [-0.4, -0.2) is 36.1 Å². The Hall–Kier alpha value is -2.30. The molecule has 1 fully saturated rings. The first-order valence-corrected chi connectivity index (χ1v) is 7.37. The SMILES string of the molecule is Cc1ccccc1N1CCCN(c2cc(N)ncn2)CC1. The van der Waals surface area contributed by atoms with Gasteiger partial charge >= 0.3 is 0 Å². The molecule has 1 aliphatic heterocycles. The summed E-state index contributed by atoms with van der Waals surface area (Å²) in [4.78, 5) is 13.0. The van der Waals surface area contributed by atoms with Gasteiger partial charge < -0.3 is 15.5 Å². The van der Waals surface area contributed by atoms with E-state index in [2.05, 4.69) is 51.0 Å². The fourth-order valence-corrected chi connectivity index (χ4v) is 2.84. The molecule has 0 bridgehead atoms. The molecule has 5 heteroatoms. The molecule has 3 rings (SSSR count). The molecule has 1 aromatic heterocycles. The number of nitrogen functional groups attached to an aromatic ring is 1. The highest BCUT2D eigenvalue weighted by atomic mass is 15.3. The highest BCUT2D eigenvalue weighted by molar-refractivity contribution is 5.54. The van der Waals surface area contributed by atoms with E-state index in [1.54, 1.807) is 0 Å². The molecule has 0 saturated carbocycles. The minimum atomic E-state index is 0.528. The van der Waals surface area contributed by atoms with Gasteiger partial charge in [-0.1, -0.05) is 18.2 Å². The Labute approximate surface area is 125 Å². The average Bonchev–Trinajstić information content (AvgIpc) is 2.74. The van der Waals surface area contributed by atoms with Crippen molar-refractivity contribution in [3.8, 4) is 0 Å². The number of nitrogens with zero attached hydrogens (tertiary/aromatic N) is 4. The van der Waals surface area contributed by atoms with E-state index in [9.17, 15) is 0 Å². The zero-order valence-electron chi connectivity index (χ0n) is 12.4. The second-order valence-electron chi connectivity index (χ2n) is 5.42. The monoisotopic (exact) mass is 283 g/mol. The normalized spacial score (nSPS) is 15.9. The molecule has 0 unspecified atom stereocenters. The number of nitrogens with two attached hydrogens (primary N) is 1.